The second-order valence-electron chi connectivity index (χ2n) is 5.67. The molecule has 2 rings (SSSR count). The number of hydrogen-bond donors (Lipinski definition) is 0. The normalized spacial score (nSPS) is 11.8. The Morgan fingerprint density at radius 3 is 2.50 bits per heavy atom. The fourth-order valence-corrected chi connectivity index (χ4v) is 2.23. The summed E-state index contributed by atoms with van der Waals surface area (Å²) >= 11 is 0. The van der Waals surface area contributed by atoms with E-state index < -0.39 is 4.92 Å². The van der Waals surface area contributed by atoms with Crippen LogP contribution in [0.4, 0.5) is 5.82 Å². The SMILES string of the molecule is CCC(C)c1ccc(C(=O)COc2ccc(C)nc2[N+](=O)[O-])cc1. The number of nitro groups is 1. The fourth-order valence-electron chi connectivity index (χ4n) is 2.23. The van der Waals surface area contributed by atoms with Gasteiger partial charge < -0.3 is 14.9 Å². The zero-order valence-corrected chi connectivity index (χ0v) is 14.0. The number of hydrogen-bond acceptors (Lipinski definition) is 5. The molecule has 0 radical (unpaired) electrons. The third-order valence-corrected chi connectivity index (χ3v) is 3.92. The summed E-state index contributed by atoms with van der Waals surface area (Å²) in [6.07, 6.45) is 1.03. The monoisotopic (exact) mass is 328 g/mol. The lowest BCUT2D eigenvalue weighted by molar-refractivity contribution is -0.390. The lowest BCUT2D eigenvalue weighted by Crippen LogP contribution is -2.13. The maximum atomic E-state index is 12.2. The van der Waals surface area contributed by atoms with Crippen molar-refractivity contribution < 1.29 is 14.5 Å². The Labute approximate surface area is 140 Å². The van der Waals surface area contributed by atoms with Gasteiger partial charge in [0, 0.05) is 12.5 Å². The molecule has 6 nitrogen and oxygen atoms in total. The number of ether oxygens (including phenoxy) is 1. The average Bonchev–Trinajstić information content (AvgIpc) is 2.59. The molecule has 0 spiro atoms. The van der Waals surface area contributed by atoms with E-state index in [2.05, 4.69) is 18.8 Å². The number of Topliss-reactive ketones (excluding diaryl/α,β-unsaturated/α-hetero) is 1. The first-order valence-corrected chi connectivity index (χ1v) is 7.80. The molecular weight excluding hydrogens is 308 g/mol. The van der Waals surface area contributed by atoms with Crippen LogP contribution in [0, 0.1) is 17.0 Å². The Kier molecular flexibility index (Phi) is 5.63. The standard InChI is InChI=1S/C18H20N2O4/c1-4-12(2)14-6-8-15(9-7-14)16(21)11-24-17-10-5-13(3)19-18(17)20(22)23/h5-10,12H,4,11H2,1-3H3. The first-order chi connectivity index (χ1) is 11.4. The first-order valence-electron chi connectivity index (χ1n) is 7.80. The highest BCUT2D eigenvalue weighted by atomic mass is 16.6. The molecule has 126 valence electrons. The van der Waals surface area contributed by atoms with E-state index in [4.69, 9.17) is 4.74 Å². The van der Waals surface area contributed by atoms with Crippen molar-refractivity contribution in [2.24, 2.45) is 0 Å². The van der Waals surface area contributed by atoms with Gasteiger partial charge in [0.05, 0.1) is 0 Å². The molecule has 24 heavy (non-hydrogen) atoms. The highest BCUT2D eigenvalue weighted by Gasteiger charge is 2.19. The van der Waals surface area contributed by atoms with Gasteiger partial charge in [0.25, 0.3) is 0 Å². The van der Waals surface area contributed by atoms with Crippen LogP contribution < -0.4 is 4.74 Å². The molecule has 2 aromatic rings. The van der Waals surface area contributed by atoms with E-state index in [1.54, 1.807) is 25.1 Å². The third kappa shape index (κ3) is 4.16. The number of pyridine rings is 1. The zero-order chi connectivity index (χ0) is 17.7. The Morgan fingerprint density at radius 1 is 1.25 bits per heavy atom. The van der Waals surface area contributed by atoms with E-state index >= 15 is 0 Å². The number of rotatable bonds is 7. The van der Waals surface area contributed by atoms with Gasteiger partial charge in [0.1, 0.15) is 5.69 Å². The van der Waals surface area contributed by atoms with E-state index in [1.165, 1.54) is 11.6 Å². The van der Waals surface area contributed by atoms with E-state index in [-0.39, 0.29) is 24.0 Å². The Hall–Kier alpha value is -2.76. The van der Waals surface area contributed by atoms with Gasteiger partial charge in [-0.1, -0.05) is 38.1 Å². The predicted molar refractivity (Wildman–Crippen MR) is 90.6 cm³/mol. The van der Waals surface area contributed by atoms with Crippen LogP contribution in [0.5, 0.6) is 5.75 Å². The molecule has 0 fully saturated rings. The van der Waals surface area contributed by atoms with Crippen molar-refractivity contribution in [3.05, 3.63) is 63.3 Å². The van der Waals surface area contributed by atoms with E-state index in [0.29, 0.717) is 17.2 Å². The lowest BCUT2D eigenvalue weighted by Gasteiger charge is -2.10. The number of aryl methyl sites for hydroxylation is 1. The molecule has 1 aromatic carbocycles. The van der Waals surface area contributed by atoms with Crippen molar-refractivity contribution >= 4 is 11.6 Å². The highest BCUT2D eigenvalue weighted by molar-refractivity contribution is 5.97. The quantitative estimate of drug-likeness (QED) is 0.434. The number of carbonyl (C=O) groups is 1. The van der Waals surface area contributed by atoms with Crippen LogP contribution >= 0.6 is 0 Å². The largest absolute Gasteiger partial charge is 0.477 e. The third-order valence-electron chi connectivity index (χ3n) is 3.92. The van der Waals surface area contributed by atoms with Crippen LogP contribution in [-0.4, -0.2) is 22.3 Å². The van der Waals surface area contributed by atoms with Gasteiger partial charge >= 0.3 is 5.82 Å². The van der Waals surface area contributed by atoms with Gasteiger partial charge in [-0.15, -0.1) is 0 Å². The predicted octanol–water partition coefficient (Wildman–Crippen LogP) is 4.07. The van der Waals surface area contributed by atoms with Crippen molar-refractivity contribution in [2.45, 2.75) is 33.1 Å². The lowest BCUT2D eigenvalue weighted by atomic mass is 9.97. The molecule has 0 aliphatic heterocycles. The van der Waals surface area contributed by atoms with Gasteiger partial charge in [-0.25, -0.2) is 0 Å². The van der Waals surface area contributed by atoms with Crippen molar-refractivity contribution in [1.29, 1.82) is 0 Å². The molecule has 0 saturated heterocycles. The van der Waals surface area contributed by atoms with E-state index in [9.17, 15) is 14.9 Å². The van der Waals surface area contributed by atoms with Gasteiger partial charge in [0.15, 0.2) is 12.4 Å². The maximum absolute atomic E-state index is 12.2. The molecule has 0 saturated carbocycles. The second kappa shape index (κ2) is 7.68. The fraction of sp³-hybridized carbons (Fsp3) is 0.333. The molecule has 1 heterocycles. The zero-order valence-electron chi connectivity index (χ0n) is 14.0. The van der Waals surface area contributed by atoms with Crippen LogP contribution in [-0.2, 0) is 0 Å². The van der Waals surface area contributed by atoms with Crippen LogP contribution in [0.15, 0.2) is 36.4 Å². The second-order valence-corrected chi connectivity index (χ2v) is 5.67. The van der Waals surface area contributed by atoms with E-state index in [0.717, 1.165) is 6.42 Å². The molecular formula is C18H20N2O4. The summed E-state index contributed by atoms with van der Waals surface area (Å²) in [5.41, 5.74) is 2.21. The van der Waals surface area contributed by atoms with Gasteiger partial charge in [-0.2, -0.15) is 0 Å². The van der Waals surface area contributed by atoms with Crippen molar-refractivity contribution in [2.75, 3.05) is 6.61 Å². The molecule has 0 aliphatic carbocycles. The van der Waals surface area contributed by atoms with Crippen molar-refractivity contribution in [3.8, 4) is 5.75 Å². The van der Waals surface area contributed by atoms with Crippen LogP contribution in [0.25, 0.3) is 0 Å². The molecule has 1 aromatic heterocycles. The minimum atomic E-state index is -0.617. The van der Waals surface area contributed by atoms with Crippen molar-refractivity contribution in [3.63, 3.8) is 0 Å². The molecule has 0 aliphatic rings. The molecule has 0 bridgehead atoms. The number of aromatic nitrogens is 1. The number of nitrogens with zero attached hydrogens (tertiary/aromatic N) is 2. The summed E-state index contributed by atoms with van der Waals surface area (Å²) in [6.45, 7) is 5.62. The maximum Gasteiger partial charge on any atom is 0.406 e. The summed E-state index contributed by atoms with van der Waals surface area (Å²) in [6, 6.07) is 10.4. The minimum Gasteiger partial charge on any atom is -0.477 e. The summed E-state index contributed by atoms with van der Waals surface area (Å²) in [4.78, 5) is 26.4. The summed E-state index contributed by atoms with van der Waals surface area (Å²) in [5.74, 6) is -0.183. The molecule has 1 unspecified atom stereocenters. The molecule has 6 heteroatoms. The van der Waals surface area contributed by atoms with Crippen LogP contribution in [0.3, 0.4) is 0 Å². The van der Waals surface area contributed by atoms with Gasteiger partial charge in [-0.3, -0.25) is 4.79 Å². The Balaban J connectivity index is 2.07. The molecule has 1 atom stereocenters. The van der Waals surface area contributed by atoms with Gasteiger partial charge in [0.2, 0.25) is 5.75 Å². The van der Waals surface area contributed by atoms with Crippen LogP contribution in [0.1, 0.15) is 47.8 Å². The Bertz CT molecular complexity index is 741. The summed E-state index contributed by atoms with van der Waals surface area (Å²) in [7, 11) is 0. The highest BCUT2D eigenvalue weighted by Crippen LogP contribution is 2.24. The summed E-state index contributed by atoms with van der Waals surface area (Å²) in [5, 5.41) is 11.0. The number of carbonyl (C=O) groups excluding carboxylic acids is 1. The topological polar surface area (TPSA) is 82.3 Å². The van der Waals surface area contributed by atoms with Crippen molar-refractivity contribution in [1.82, 2.24) is 4.98 Å². The number of ketones is 1. The number of benzene rings is 1. The van der Waals surface area contributed by atoms with E-state index in [1.807, 2.05) is 12.1 Å². The van der Waals surface area contributed by atoms with Crippen LogP contribution in [0.2, 0.25) is 0 Å². The van der Waals surface area contributed by atoms with Gasteiger partial charge in [-0.05, 0) is 39.9 Å². The molecule has 0 N–H and O–H groups in total. The minimum absolute atomic E-state index is 0.00447. The molecule has 0 amide bonds. The first kappa shape index (κ1) is 17.6. The summed E-state index contributed by atoms with van der Waals surface area (Å²) < 4.78 is 5.31. The average molecular weight is 328 g/mol. The smallest absolute Gasteiger partial charge is 0.406 e. The Morgan fingerprint density at radius 2 is 1.92 bits per heavy atom.